The molecule has 1 aromatic carbocycles. The van der Waals surface area contributed by atoms with Gasteiger partial charge in [-0.3, -0.25) is 9.63 Å². The third kappa shape index (κ3) is 2.51. The second-order valence-corrected chi connectivity index (χ2v) is 4.04. The molecule has 1 aliphatic rings. The molecule has 1 aromatic rings. The van der Waals surface area contributed by atoms with Crippen LogP contribution in [0.2, 0.25) is 0 Å². The van der Waals surface area contributed by atoms with Gasteiger partial charge in [-0.1, -0.05) is 31.5 Å². The first-order valence-electron chi connectivity index (χ1n) is 5.95. The van der Waals surface area contributed by atoms with E-state index in [9.17, 15) is 9.59 Å². The molecule has 96 valence electrons. The molecule has 0 bridgehead atoms. The van der Waals surface area contributed by atoms with Crippen LogP contribution < -0.4 is 5.48 Å². The summed E-state index contributed by atoms with van der Waals surface area (Å²) in [6, 6.07) is 6.84. The summed E-state index contributed by atoms with van der Waals surface area (Å²) in [6.07, 6.45) is 0.939. The highest BCUT2D eigenvalue weighted by molar-refractivity contribution is 5.99. The lowest BCUT2D eigenvalue weighted by Crippen LogP contribution is -2.30. The van der Waals surface area contributed by atoms with Gasteiger partial charge in [0.1, 0.15) is 0 Å². The number of hydroxylamine groups is 1. The van der Waals surface area contributed by atoms with E-state index in [0.29, 0.717) is 17.7 Å². The Morgan fingerprint density at radius 2 is 2.22 bits per heavy atom. The highest BCUT2D eigenvalue weighted by atomic mass is 16.7. The SMILES string of the molecule is CCCCONC(=O)C1OC(=O)c2ccccc21. The minimum Gasteiger partial charge on any atom is -0.444 e. The van der Waals surface area contributed by atoms with Gasteiger partial charge in [0.05, 0.1) is 12.2 Å². The number of esters is 1. The van der Waals surface area contributed by atoms with Gasteiger partial charge in [0.2, 0.25) is 6.10 Å². The first-order chi connectivity index (χ1) is 8.74. The number of fused-ring (bicyclic) bond motifs is 1. The normalized spacial score (nSPS) is 17.2. The zero-order valence-electron chi connectivity index (χ0n) is 10.1. The monoisotopic (exact) mass is 249 g/mol. The molecule has 0 aromatic heterocycles. The Hall–Kier alpha value is -1.88. The summed E-state index contributed by atoms with van der Waals surface area (Å²) in [4.78, 5) is 28.3. The predicted molar refractivity (Wildman–Crippen MR) is 63.6 cm³/mol. The third-order valence-electron chi connectivity index (χ3n) is 2.70. The molecular formula is C13H15NO4. The molecule has 18 heavy (non-hydrogen) atoms. The Morgan fingerprint density at radius 3 is 3.00 bits per heavy atom. The minimum absolute atomic E-state index is 0.436. The molecule has 0 aliphatic carbocycles. The van der Waals surface area contributed by atoms with E-state index >= 15 is 0 Å². The smallest absolute Gasteiger partial charge is 0.339 e. The quantitative estimate of drug-likeness (QED) is 0.490. The van der Waals surface area contributed by atoms with Crippen LogP contribution in [0.1, 0.15) is 41.8 Å². The van der Waals surface area contributed by atoms with Crippen LogP contribution in [-0.4, -0.2) is 18.5 Å². The molecule has 5 nitrogen and oxygen atoms in total. The molecule has 0 radical (unpaired) electrons. The largest absolute Gasteiger partial charge is 0.444 e. The Labute approximate surface area is 105 Å². The van der Waals surface area contributed by atoms with Gasteiger partial charge in [-0.15, -0.1) is 0 Å². The van der Waals surface area contributed by atoms with Crippen LogP contribution in [0.5, 0.6) is 0 Å². The van der Waals surface area contributed by atoms with Crippen LogP contribution in [0.15, 0.2) is 24.3 Å². The van der Waals surface area contributed by atoms with Crippen LogP contribution in [-0.2, 0) is 14.4 Å². The topological polar surface area (TPSA) is 64.6 Å². The number of benzene rings is 1. The molecule has 1 aliphatic heterocycles. The number of unbranched alkanes of at least 4 members (excludes halogenated alkanes) is 1. The van der Waals surface area contributed by atoms with Gasteiger partial charge in [0, 0.05) is 5.56 Å². The Kier molecular flexibility index (Phi) is 3.94. The van der Waals surface area contributed by atoms with Crippen molar-refractivity contribution >= 4 is 11.9 Å². The van der Waals surface area contributed by atoms with Crippen LogP contribution in [0.4, 0.5) is 0 Å². The first-order valence-corrected chi connectivity index (χ1v) is 5.95. The molecule has 1 N–H and O–H groups in total. The summed E-state index contributed by atoms with van der Waals surface area (Å²) in [6.45, 7) is 2.48. The fourth-order valence-corrected chi connectivity index (χ4v) is 1.73. The lowest BCUT2D eigenvalue weighted by molar-refractivity contribution is -0.142. The fourth-order valence-electron chi connectivity index (χ4n) is 1.73. The van der Waals surface area contributed by atoms with Crippen molar-refractivity contribution in [3.8, 4) is 0 Å². The van der Waals surface area contributed by atoms with Crippen molar-refractivity contribution in [2.75, 3.05) is 6.61 Å². The van der Waals surface area contributed by atoms with E-state index in [0.717, 1.165) is 12.8 Å². The van der Waals surface area contributed by atoms with Crippen molar-refractivity contribution in [3.05, 3.63) is 35.4 Å². The van der Waals surface area contributed by atoms with Crippen LogP contribution in [0, 0.1) is 0 Å². The molecule has 0 saturated heterocycles. The summed E-state index contributed by atoms with van der Waals surface area (Å²) in [5.74, 6) is -0.927. The van der Waals surface area contributed by atoms with Crippen molar-refractivity contribution in [3.63, 3.8) is 0 Å². The molecule has 0 fully saturated rings. The van der Waals surface area contributed by atoms with Gasteiger partial charge in [-0.2, -0.15) is 0 Å². The molecule has 2 rings (SSSR count). The fraction of sp³-hybridized carbons (Fsp3) is 0.385. The third-order valence-corrected chi connectivity index (χ3v) is 2.70. The zero-order chi connectivity index (χ0) is 13.0. The molecule has 1 heterocycles. The molecule has 1 amide bonds. The van der Waals surface area contributed by atoms with E-state index in [1.807, 2.05) is 6.92 Å². The standard InChI is InChI=1S/C13H15NO4/c1-2-3-8-17-14-12(15)11-9-6-4-5-7-10(9)13(16)18-11/h4-7,11H,2-3,8H2,1H3,(H,14,15). The van der Waals surface area contributed by atoms with E-state index < -0.39 is 18.0 Å². The van der Waals surface area contributed by atoms with E-state index in [1.165, 1.54) is 0 Å². The van der Waals surface area contributed by atoms with Crippen LogP contribution in [0.25, 0.3) is 0 Å². The second kappa shape index (κ2) is 5.64. The van der Waals surface area contributed by atoms with Crippen molar-refractivity contribution in [1.82, 2.24) is 5.48 Å². The van der Waals surface area contributed by atoms with Crippen LogP contribution in [0.3, 0.4) is 0 Å². The molecule has 5 heteroatoms. The number of cyclic esters (lactones) is 1. The number of rotatable bonds is 5. The number of ether oxygens (including phenoxy) is 1. The highest BCUT2D eigenvalue weighted by Crippen LogP contribution is 2.30. The summed E-state index contributed by atoms with van der Waals surface area (Å²) in [5, 5.41) is 0. The van der Waals surface area contributed by atoms with E-state index in [4.69, 9.17) is 9.57 Å². The zero-order valence-corrected chi connectivity index (χ0v) is 10.1. The number of carbonyl (C=O) groups excluding carboxylic acids is 2. The summed E-state index contributed by atoms with van der Waals surface area (Å²) < 4.78 is 5.02. The summed E-state index contributed by atoms with van der Waals surface area (Å²) >= 11 is 0. The van der Waals surface area contributed by atoms with Gasteiger partial charge in [0.25, 0.3) is 5.91 Å². The average Bonchev–Trinajstić information content (AvgIpc) is 2.73. The number of nitrogens with one attached hydrogen (secondary N) is 1. The highest BCUT2D eigenvalue weighted by Gasteiger charge is 2.35. The van der Waals surface area contributed by atoms with E-state index in [1.54, 1.807) is 24.3 Å². The maximum Gasteiger partial charge on any atom is 0.339 e. The second-order valence-electron chi connectivity index (χ2n) is 4.04. The van der Waals surface area contributed by atoms with Crippen molar-refractivity contribution < 1.29 is 19.2 Å². The first kappa shape index (κ1) is 12.6. The molecule has 1 atom stereocenters. The summed E-state index contributed by atoms with van der Waals surface area (Å²) in [7, 11) is 0. The van der Waals surface area contributed by atoms with Gasteiger partial charge in [-0.05, 0) is 12.5 Å². The Morgan fingerprint density at radius 1 is 1.44 bits per heavy atom. The number of hydrogen-bond acceptors (Lipinski definition) is 4. The lowest BCUT2D eigenvalue weighted by Gasteiger charge is -2.10. The Bertz CT molecular complexity index is 458. The van der Waals surface area contributed by atoms with Crippen LogP contribution >= 0.6 is 0 Å². The molecular weight excluding hydrogens is 234 g/mol. The molecule has 1 unspecified atom stereocenters. The number of carbonyl (C=O) groups is 2. The average molecular weight is 249 g/mol. The molecule has 0 saturated carbocycles. The van der Waals surface area contributed by atoms with Gasteiger partial charge in [-0.25, -0.2) is 10.3 Å². The van der Waals surface area contributed by atoms with Crippen molar-refractivity contribution in [1.29, 1.82) is 0 Å². The number of hydrogen-bond donors (Lipinski definition) is 1. The summed E-state index contributed by atoms with van der Waals surface area (Å²) in [5.41, 5.74) is 3.32. The molecule has 0 spiro atoms. The Balaban J connectivity index is 1.98. The maximum absolute atomic E-state index is 11.8. The predicted octanol–water partition coefficient (Wildman–Crippen LogP) is 1.75. The maximum atomic E-state index is 11.8. The van der Waals surface area contributed by atoms with E-state index in [2.05, 4.69) is 5.48 Å². The van der Waals surface area contributed by atoms with E-state index in [-0.39, 0.29) is 0 Å². The lowest BCUT2D eigenvalue weighted by atomic mass is 10.1. The van der Waals surface area contributed by atoms with Gasteiger partial charge < -0.3 is 4.74 Å². The van der Waals surface area contributed by atoms with Crippen molar-refractivity contribution in [2.45, 2.75) is 25.9 Å². The van der Waals surface area contributed by atoms with Gasteiger partial charge >= 0.3 is 5.97 Å². The van der Waals surface area contributed by atoms with Gasteiger partial charge in [0.15, 0.2) is 0 Å². The van der Waals surface area contributed by atoms with Crippen molar-refractivity contribution in [2.24, 2.45) is 0 Å². The minimum atomic E-state index is -0.907. The number of amides is 1.